The van der Waals surface area contributed by atoms with Crippen molar-refractivity contribution < 1.29 is 14.4 Å². The molecule has 0 radical (unpaired) electrons. The van der Waals surface area contributed by atoms with Crippen molar-refractivity contribution in [2.24, 2.45) is 0 Å². The standard InChI is InChI=1S/C20H19N3O3S/c1-13-9-16(22-26-13)12-27-19-18(3-2-7-21-19)20(25)23-8-6-14-4-5-17(24)10-15(14)11-23/h2-5,7,9-10,24H,6,8,11-12H2,1H3. The maximum absolute atomic E-state index is 13.1. The Bertz CT molecular complexity index is 986. The smallest absolute Gasteiger partial charge is 0.256 e. The van der Waals surface area contributed by atoms with Crippen LogP contribution in [0.3, 0.4) is 0 Å². The van der Waals surface area contributed by atoms with Crippen molar-refractivity contribution >= 4 is 17.7 Å². The number of aromatic nitrogens is 2. The second-order valence-electron chi connectivity index (χ2n) is 6.50. The number of phenols is 1. The van der Waals surface area contributed by atoms with E-state index in [2.05, 4.69) is 10.1 Å². The first-order valence-electron chi connectivity index (χ1n) is 8.70. The molecule has 1 N–H and O–H groups in total. The van der Waals surface area contributed by atoms with Crippen molar-refractivity contribution in [3.63, 3.8) is 0 Å². The largest absolute Gasteiger partial charge is 0.508 e. The fourth-order valence-corrected chi connectivity index (χ4v) is 4.05. The van der Waals surface area contributed by atoms with Crippen LogP contribution in [0.25, 0.3) is 0 Å². The summed E-state index contributed by atoms with van der Waals surface area (Å²) in [5.74, 6) is 1.53. The Morgan fingerprint density at radius 3 is 3.00 bits per heavy atom. The number of nitrogens with zero attached hydrogens (tertiary/aromatic N) is 3. The molecule has 7 heteroatoms. The van der Waals surface area contributed by atoms with Crippen LogP contribution in [0.1, 0.15) is 32.9 Å². The van der Waals surface area contributed by atoms with Gasteiger partial charge < -0.3 is 14.5 Å². The average Bonchev–Trinajstić information content (AvgIpc) is 3.10. The highest BCUT2D eigenvalue weighted by atomic mass is 32.2. The number of pyridine rings is 1. The van der Waals surface area contributed by atoms with Gasteiger partial charge in [0.25, 0.3) is 5.91 Å². The van der Waals surface area contributed by atoms with E-state index in [9.17, 15) is 9.90 Å². The molecule has 1 aliphatic rings. The van der Waals surface area contributed by atoms with Gasteiger partial charge >= 0.3 is 0 Å². The number of amides is 1. The first-order chi connectivity index (χ1) is 13.1. The molecule has 3 aromatic rings. The van der Waals surface area contributed by atoms with E-state index in [4.69, 9.17) is 4.52 Å². The molecule has 0 aliphatic carbocycles. The van der Waals surface area contributed by atoms with Gasteiger partial charge in [0.05, 0.1) is 11.3 Å². The van der Waals surface area contributed by atoms with Crippen molar-refractivity contribution in [3.05, 3.63) is 70.7 Å². The second kappa shape index (κ2) is 7.44. The number of thioether (sulfide) groups is 1. The van der Waals surface area contributed by atoms with Crippen LogP contribution < -0.4 is 0 Å². The van der Waals surface area contributed by atoms with E-state index in [-0.39, 0.29) is 11.7 Å². The fourth-order valence-electron chi connectivity index (χ4n) is 3.18. The third-order valence-corrected chi connectivity index (χ3v) is 5.56. The second-order valence-corrected chi connectivity index (χ2v) is 7.47. The Morgan fingerprint density at radius 2 is 2.19 bits per heavy atom. The maximum Gasteiger partial charge on any atom is 0.256 e. The van der Waals surface area contributed by atoms with Gasteiger partial charge in [-0.2, -0.15) is 0 Å². The van der Waals surface area contributed by atoms with E-state index in [0.717, 1.165) is 23.4 Å². The molecule has 27 heavy (non-hydrogen) atoms. The lowest BCUT2D eigenvalue weighted by Crippen LogP contribution is -2.36. The summed E-state index contributed by atoms with van der Waals surface area (Å²) in [7, 11) is 0. The molecule has 1 amide bonds. The maximum atomic E-state index is 13.1. The van der Waals surface area contributed by atoms with E-state index < -0.39 is 0 Å². The number of benzene rings is 1. The zero-order chi connectivity index (χ0) is 18.8. The van der Waals surface area contributed by atoms with Crippen LogP contribution in [0, 0.1) is 6.92 Å². The van der Waals surface area contributed by atoms with Crippen LogP contribution in [-0.4, -0.2) is 32.6 Å². The Labute approximate surface area is 161 Å². The number of carbonyl (C=O) groups excluding carboxylic acids is 1. The molecule has 1 aliphatic heterocycles. The molecule has 3 heterocycles. The lowest BCUT2D eigenvalue weighted by atomic mass is 9.99. The highest BCUT2D eigenvalue weighted by Gasteiger charge is 2.24. The van der Waals surface area contributed by atoms with Gasteiger partial charge in [0.1, 0.15) is 16.5 Å². The number of aryl methyl sites for hydroxylation is 1. The number of fused-ring (bicyclic) bond motifs is 1. The summed E-state index contributed by atoms with van der Waals surface area (Å²) in [5, 5.41) is 14.4. The van der Waals surface area contributed by atoms with Gasteiger partial charge in [0, 0.05) is 31.1 Å². The van der Waals surface area contributed by atoms with Crippen molar-refractivity contribution in [2.75, 3.05) is 6.54 Å². The van der Waals surface area contributed by atoms with Crippen LogP contribution in [0.15, 0.2) is 52.1 Å². The molecule has 0 atom stereocenters. The van der Waals surface area contributed by atoms with Gasteiger partial charge in [0.2, 0.25) is 0 Å². The van der Waals surface area contributed by atoms with Crippen LogP contribution in [-0.2, 0) is 18.7 Å². The van der Waals surface area contributed by atoms with E-state index in [0.29, 0.717) is 29.4 Å². The van der Waals surface area contributed by atoms with E-state index in [1.165, 1.54) is 17.3 Å². The van der Waals surface area contributed by atoms with Gasteiger partial charge in [-0.1, -0.05) is 23.0 Å². The highest BCUT2D eigenvalue weighted by Crippen LogP contribution is 2.28. The number of phenolic OH excluding ortho intramolecular Hbond substituents is 1. The molecule has 0 bridgehead atoms. The third kappa shape index (κ3) is 3.83. The average molecular weight is 381 g/mol. The van der Waals surface area contributed by atoms with E-state index >= 15 is 0 Å². The lowest BCUT2D eigenvalue weighted by Gasteiger charge is -2.29. The van der Waals surface area contributed by atoms with Gasteiger partial charge in [-0.25, -0.2) is 4.98 Å². The monoisotopic (exact) mass is 381 g/mol. The van der Waals surface area contributed by atoms with Crippen LogP contribution in [0.2, 0.25) is 0 Å². The summed E-state index contributed by atoms with van der Waals surface area (Å²) >= 11 is 1.47. The van der Waals surface area contributed by atoms with Crippen molar-refractivity contribution in [1.29, 1.82) is 0 Å². The molecule has 0 saturated carbocycles. The molecule has 1 aromatic carbocycles. The minimum atomic E-state index is -0.0454. The van der Waals surface area contributed by atoms with Crippen molar-refractivity contribution in [1.82, 2.24) is 15.0 Å². The Morgan fingerprint density at radius 1 is 1.30 bits per heavy atom. The summed E-state index contributed by atoms with van der Waals surface area (Å²) < 4.78 is 5.09. The Kier molecular flexibility index (Phi) is 4.85. The minimum absolute atomic E-state index is 0.0454. The number of carbonyl (C=O) groups is 1. The molecular weight excluding hydrogens is 362 g/mol. The first-order valence-corrected chi connectivity index (χ1v) is 9.69. The van der Waals surface area contributed by atoms with Gasteiger partial charge in [-0.15, -0.1) is 0 Å². The topological polar surface area (TPSA) is 79.5 Å². The summed E-state index contributed by atoms with van der Waals surface area (Å²) in [5.41, 5.74) is 3.58. The number of hydrogen-bond acceptors (Lipinski definition) is 6. The molecule has 138 valence electrons. The molecule has 6 nitrogen and oxygen atoms in total. The van der Waals surface area contributed by atoms with Crippen LogP contribution >= 0.6 is 11.8 Å². The molecular formula is C20H19N3O3S. The summed E-state index contributed by atoms with van der Waals surface area (Å²) in [6.07, 6.45) is 2.47. The quantitative estimate of drug-likeness (QED) is 0.696. The molecule has 0 saturated heterocycles. The van der Waals surface area contributed by atoms with Gasteiger partial charge in [-0.3, -0.25) is 4.79 Å². The van der Waals surface area contributed by atoms with E-state index in [1.807, 2.05) is 30.0 Å². The fraction of sp³-hybridized carbons (Fsp3) is 0.250. The molecule has 0 unspecified atom stereocenters. The summed E-state index contributed by atoms with van der Waals surface area (Å²) in [6.45, 7) is 2.99. The molecule has 4 rings (SSSR count). The van der Waals surface area contributed by atoms with Crippen molar-refractivity contribution in [2.45, 2.75) is 30.7 Å². The SMILES string of the molecule is Cc1cc(CSc2ncccc2C(=O)N2CCc3ccc(O)cc3C2)no1. The zero-order valence-corrected chi connectivity index (χ0v) is 15.7. The molecule has 2 aromatic heterocycles. The van der Waals surface area contributed by atoms with Gasteiger partial charge in [-0.05, 0) is 48.7 Å². The number of aromatic hydroxyl groups is 1. The van der Waals surface area contributed by atoms with E-state index in [1.54, 1.807) is 24.4 Å². The normalized spacial score (nSPS) is 13.4. The summed E-state index contributed by atoms with van der Waals surface area (Å²) in [4.78, 5) is 19.3. The predicted molar refractivity (Wildman–Crippen MR) is 102 cm³/mol. The summed E-state index contributed by atoms with van der Waals surface area (Å²) in [6, 6.07) is 10.8. The Balaban J connectivity index is 1.52. The van der Waals surface area contributed by atoms with Crippen LogP contribution in [0.4, 0.5) is 0 Å². The highest BCUT2D eigenvalue weighted by molar-refractivity contribution is 7.98. The number of hydrogen-bond donors (Lipinski definition) is 1. The van der Waals surface area contributed by atoms with Crippen molar-refractivity contribution in [3.8, 4) is 5.75 Å². The lowest BCUT2D eigenvalue weighted by molar-refractivity contribution is 0.0730. The first kappa shape index (κ1) is 17.6. The molecule has 0 fully saturated rings. The minimum Gasteiger partial charge on any atom is -0.508 e. The third-order valence-electron chi connectivity index (χ3n) is 4.52. The molecule has 0 spiro atoms. The zero-order valence-electron chi connectivity index (χ0n) is 14.9. The predicted octanol–water partition coefficient (Wildman–Crippen LogP) is 3.57. The van der Waals surface area contributed by atoms with Gasteiger partial charge in [0.15, 0.2) is 0 Å². The van der Waals surface area contributed by atoms with Crippen LogP contribution in [0.5, 0.6) is 5.75 Å². The number of rotatable bonds is 4. The Hall–Kier alpha value is -2.80.